The van der Waals surface area contributed by atoms with Crippen LogP contribution in [0.15, 0.2) is 102 Å². The van der Waals surface area contributed by atoms with Crippen molar-refractivity contribution in [3.8, 4) is 33.9 Å². The molecule has 4 aromatic carbocycles. The quantitative estimate of drug-likeness (QED) is 0.171. The van der Waals surface area contributed by atoms with Crippen LogP contribution >= 0.6 is 11.3 Å². The topological polar surface area (TPSA) is 90.3 Å². The largest absolute Gasteiger partial charge is 0.493 e. The molecule has 45 heavy (non-hydrogen) atoms. The van der Waals surface area contributed by atoms with Gasteiger partial charge in [0.1, 0.15) is 6.61 Å². The molecule has 0 atom stereocenters. The predicted molar refractivity (Wildman–Crippen MR) is 179 cm³/mol. The lowest BCUT2D eigenvalue weighted by molar-refractivity contribution is 0.102. The number of nitrogens with one attached hydrogen (secondary N) is 2. The second-order valence-electron chi connectivity index (χ2n) is 11.0. The Hall–Kier alpha value is -5.41. The van der Waals surface area contributed by atoms with E-state index >= 15 is 0 Å². The van der Waals surface area contributed by atoms with Crippen molar-refractivity contribution in [2.45, 2.75) is 26.5 Å². The number of benzene rings is 4. The van der Waals surface area contributed by atoms with Gasteiger partial charge in [-0.2, -0.15) is 0 Å². The summed E-state index contributed by atoms with van der Waals surface area (Å²) in [7, 11) is 1.63. The second-order valence-corrected chi connectivity index (χ2v) is 11.7. The Bertz CT molecular complexity index is 1980. The number of ether oxygens (including phenoxy) is 2. The lowest BCUT2D eigenvalue weighted by Crippen LogP contribution is -2.11. The van der Waals surface area contributed by atoms with Gasteiger partial charge in [-0.25, -0.2) is 9.97 Å². The predicted octanol–water partition coefficient (Wildman–Crippen LogP) is 8.12. The monoisotopic (exact) mass is 613 g/mol. The zero-order valence-corrected chi connectivity index (χ0v) is 25.7. The number of aryl methyl sites for hydroxylation is 3. The fourth-order valence-corrected chi connectivity index (χ4v) is 5.90. The van der Waals surface area contributed by atoms with E-state index in [1.165, 1.54) is 16.9 Å². The number of fused-ring (bicyclic) bond motifs is 2. The van der Waals surface area contributed by atoms with E-state index in [9.17, 15) is 4.79 Å². The number of anilines is 3. The lowest BCUT2D eigenvalue weighted by atomic mass is 10.0. The van der Waals surface area contributed by atoms with E-state index in [2.05, 4.69) is 68.6 Å². The minimum atomic E-state index is -0.152. The maximum absolute atomic E-state index is 13.3. The Labute approximate surface area is 265 Å². The smallest absolute Gasteiger partial charge is 0.257 e. The van der Waals surface area contributed by atoms with E-state index in [4.69, 9.17) is 9.47 Å². The molecule has 0 radical (unpaired) electrons. The van der Waals surface area contributed by atoms with Crippen LogP contribution in [0.4, 0.5) is 17.1 Å². The average Bonchev–Trinajstić information content (AvgIpc) is 3.74. The van der Waals surface area contributed by atoms with E-state index in [0.29, 0.717) is 23.7 Å². The Morgan fingerprint density at radius 3 is 2.47 bits per heavy atom. The molecule has 224 valence electrons. The fourth-order valence-electron chi connectivity index (χ4n) is 5.36. The van der Waals surface area contributed by atoms with Crippen molar-refractivity contribution in [1.29, 1.82) is 0 Å². The highest BCUT2D eigenvalue weighted by molar-refractivity contribution is 7.07. The van der Waals surface area contributed by atoms with E-state index in [1.807, 2.05) is 60.2 Å². The molecule has 2 N–H and O–H groups in total. The van der Waals surface area contributed by atoms with Crippen molar-refractivity contribution in [3.63, 3.8) is 0 Å². The molecular weight excluding hydrogens is 582 g/mol. The van der Waals surface area contributed by atoms with Crippen molar-refractivity contribution in [2.24, 2.45) is 0 Å². The number of carbonyl (C=O) groups is 1. The number of methoxy groups -OCH3 is 1. The minimum Gasteiger partial charge on any atom is -0.493 e. The first-order valence-electron chi connectivity index (χ1n) is 14.6. The van der Waals surface area contributed by atoms with Crippen LogP contribution in [0.2, 0.25) is 0 Å². The van der Waals surface area contributed by atoms with Crippen molar-refractivity contribution in [2.75, 3.05) is 17.7 Å². The van der Waals surface area contributed by atoms with E-state index in [-0.39, 0.29) is 5.91 Å². The number of nitrogens with zero attached hydrogens (tertiary/aromatic N) is 3. The molecule has 2 aromatic heterocycles. The van der Waals surface area contributed by atoms with Crippen LogP contribution in [0.5, 0.6) is 11.5 Å². The lowest BCUT2D eigenvalue weighted by Gasteiger charge is -2.14. The normalized spacial score (nSPS) is 12.0. The molecule has 0 aliphatic carbocycles. The van der Waals surface area contributed by atoms with Crippen LogP contribution in [-0.2, 0) is 19.6 Å². The number of thiazole rings is 1. The molecule has 8 nitrogen and oxygen atoms in total. The van der Waals surface area contributed by atoms with Crippen molar-refractivity contribution in [1.82, 2.24) is 14.5 Å². The van der Waals surface area contributed by atoms with Crippen LogP contribution < -0.4 is 20.1 Å². The van der Waals surface area contributed by atoms with Crippen molar-refractivity contribution < 1.29 is 14.3 Å². The molecule has 0 unspecified atom stereocenters. The summed E-state index contributed by atoms with van der Waals surface area (Å²) in [5.41, 5.74) is 11.9. The van der Waals surface area contributed by atoms with Gasteiger partial charge in [0.2, 0.25) is 0 Å². The van der Waals surface area contributed by atoms with Crippen LogP contribution in [0.3, 0.4) is 0 Å². The summed E-state index contributed by atoms with van der Waals surface area (Å²) in [6.07, 6.45) is 4.74. The van der Waals surface area contributed by atoms with Gasteiger partial charge in [0.25, 0.3) is 5.91 Å². The summed E-state index contributed by atoms with van der Waals surface area (Å²) in [6.45, 7) is 3.23. The van der Waals surface area contributed by atoms with Crippen molar-refractivity contribution in [3.05, 3.63) is 125 Å². The Morgan fingerprint density at radius 2 is 1.64 bits per heavy atom. The highest BCUT2D eigenvalue weighted by Gasteiger charge is 2.20. The molecule has 3 heterocycles. The van der Waals surface area contributed by atoms with Crippen LogP contribution in [0.1, 0.15) is 27.2 Å². The number of hydrogen-bond donors (Lipinski definition) is 2. The number of amides is 1. The minimum absolute atomic E-state index is 0.152. The molecule has 0 saturated carbocycles. The number of rotatable bonds is 9. The average molecular weight is 614 g/mol. The van der Waals surface area contributed by atoms with Crippen LogP contribution in [0.25, 0.3) is 22.4 Å². The first-order chi connectivity index (χ1) is 22.0. The summed E-state index contributed by atoms with van der Waals surface area (Å²) in [5.74, 6) is 1.12. The third-order valence-electron chi connectivity index (χ3n) is 7.86. The van der Waals surface area contributed by atoms with Gasteiger partial charge in [-0.3, -0.25) is 4.79 Å². The molecule has 6 aromatic rings. The summed E-state index contributed by atoms with van der Waals surface area (Å²) < 4.78 is 13.7. The van der Waals surface area contributed by atoms with Gasteiger partial charge in [0.15, 0.2) is 11.5 Å². The van der Waals surface area contributed by atoms with Crippen LogP contribution in [-0.4, -0.2) is 27.6 Å². The molecule has 0 bridgehead atoms. The Balaban J connectivity index is 1.06. The SMILES string of the molecule is COc1cc(-c2ccc3c(c2)Nc2ccc(CCn4cnc(-c5ccc(C)cc5)c4)cc2NC3=O)ccc1OCc1cscn1. The molecule has 7 rings (SSSR count). The highest BCUT2D eigenvalue weighted by atomic mass is 32.1. The third-order valence-corrected chi connectivity index (χ3v) is 8.50. The fraction of sp³-hybridized carbons (Fsp3) is 0.139. The molecule has 1 aliphatic heterocycles. The zero-order chi connectivity index (χ0) is 30.8. The Kier molecular flexibility index (Phi) is 7.75. The standard InChI is InChI=1S/C36H31N5O3S/c1-23-3-6-25(7-4-23)33-18-41(21-37-33)14-13-24-5-11-30-32(15-24)40-36(42)29-10-8-26(16-31(29)39-30)27-9-12-34(35(17-27)43-2)44-19-28-20-45-22-38-28/h3-12,15-18,20-22,39H,13-14,19H2,1-2H3,(H,40,42). The van der Waals surface area contributed by atoms with Crippen molar-refractivity contribution >= 4 is 34.3 Å². The maximum Gasteiger partial charge on any atom is 0.257 e. The van der Waals surface area contributed by atoms with E-state index in [0.717, 1.165) is 63.7 Å². The summed E-state index contributed by atoms with van der Waals surface area (Å²) in [5, 5.41) is 8.54. The molecule has 0 spiro atoms. The first kappa shape index (κ1) is 28.4. The van der Waals surface area contributed by atoms with E-state index in [1.54, 1.807) is 12.6 Å². The van der Waals surface area contributed by atoms with E-state index < -0.39 is 0 Å². The number of aromatic nitrogens is 3. The molecule has 0 saturated heterocycles. The molecule has 0 fully saturated rings. The number of hydrogen-bond acceptors (Lipinski definition) is 7. The molecular formula is C36H31N5O3S. The Morgan fingerprint density at radius 1 is 0.822 bits per heavy atom. The second kappa shape index (κ2) is 12.3. The molecule has 1 amide bonds. The van der Waals surface area contributed by atoms with Gasteiger partial charge in [-0.1, -0.05) is 48.0 Å². The summed E-state index contributed by atoms with van der Waals surface area (Å²) in [6, 6.07) is 26.2. The maximum atomic E-state index is 13.3. The van der Waals surface area contributed by atoms with Gasteiger partial charge >= 0.3 is 0 Å². The third kappa shape index (κ3) is 6.16. The summed E-state index contributed by atoms with van der Waals surface area (Å²) in [4.78, 5) is 22.1. The summed E-state index contributed by atoms with van der Waals surface area (Å²) >= 11 is 1.54. The zero-order valence-electron chi connectivity index (χ0n) is 24.9. The van der Waals surface area contributed by atoms with Crippen LogP contribution in [0, 0.1) is 6.92 Å². The van der Waals surface area contributed by atoms with Gasteiger partial charge < -0.3 is 24.7 Å². The van der Waals surface area contributed by atoms with Gasteiger partial charge in [-0.05, 0) is 66.4 Å². The number of carbonyl (C=O) groups excluding carboxylic acids is 1. The highest BCUT2D eigenvalue weighted by Crippen LogP contribution is 2.38. The van der Waals surface area contributed by atoms with Gasteiger partial charge in [-0.15, -0.1) is 11.3 Å². The molecule has 1 aliphatic rings. The first-order valence-corrected chi connectivity index (χ1v) is 15.6. The van der Waals surface area contributed by atoms with Gasteiger partial charge in [0.05, 0.1) is 53.0 Å². The number of imidazole rings is 1. The van der Waals surface area contributed by atoms with Gasteiger partial charge in [0, 0.05) is 23.7 Å². The molecule has 9 heteroatoms.